The predicted octanol–water partition coefficient (Wildman–Crippen LogP) is 5.45. The zero-order valence-electron chi connectivity index (χ0n) is 19.5. The van der Waals surface area contributed by atoms with Gasteiger partial charge in [-0.15, -0.1) is 0 Å². The number of anilines is 3. The summed E-state index contributed by atoms with van der Waals surface area (Å²) in [5.41, 5.74) is 1.33. The molecule has 0 aliphatic heterocycles. The number of ether oxygens (including phenoxy) is 1. The van der Waals surface area contributed by atoms with Gasteiger partial charge < -0.3 is 15.4 Å². The molecular weight excluding hydrogens is 467 g/mol. The molecule has 10 heteroatoms. The second kappa shape index (κ2) is 11.1. The van der Waals surface area contributed by atoms with Crippen molar-refractivity contribution in [3.05, 3.63) is 66.5 Å². The molecule has 0 aliphatic rings. The lowest BCUT2D eigenvalue weighted by Crippen LogP contribution is -2.33. The Hall–Kier alpha value is -3.79. The monoisotopic (exact) mass is 492 g/mol. The van der Waals surface area contributed by atoms with E-state index in [-0.39, 0.29) is 23.6 Å². The number of nitrogens with zero attached hydrogens (tertiary/aromatic N) is 4. The van der Waals surface area contributed by atoms with Crippen molar-refractivity contribution in [3.8, 4) is 0 Å². The molecule has 2 aromatic heterocycles. The zero-order chi connectivity index (χ0) is 24.8. The summed E-state index contributed by atoms with van der Waals surface area (Å²) in [6.45, 7) is 4.02. The molecule has 4 rings (SSSR count). The van der Waals surface area contributed by atoms with Crippen molar-refractivity contribution in [1.29, 1.82) is 0 Å². The number of benzene rings is 2. The highest BCUT2D eigenvalue weighted by atomic mass is 32.2. The third-order valence-electron chi connectivity index (χ3n) is 4.96. The number of nitrogens with one attached hydrogen (secondary N) is 2. The molecule has 35 heavy (non-hydrogen) atoms. The summed E-state index contributed by atoms with van der Waals surface area (Å²) < 4.78 is 18.6. The first-order chi connectivity index (χ1) is 16.9. The highest BCUT2D eigenvalue weighted by Gasteiger charge is 2.22. The molecule has 1 atom stereocenters. The second-order valence-electron chi connectivity index (χ2n) is 8.19. The third kappa shape index (κ3) is 6.63. The first-order valence-electron chi connectivity index (χ1n) is 11.1. The highest BCUT2D eigenvalue weighted by Crippen LogP contribution is 2.27. The summed E-state index contributed by atoms with van der Waals surface area (Å²) in [7, 11) is 1.34. The molecule has 2 aromatic carbocycles. The number of para-hydroxylation sites is 1. The summed E-state index contributed by atoms with van der Waals surface area (Å²) in [6, 6.07) is 17.0. The van der Waals surface area contributed by atoms with Crippen molar-refractivity contribution in [2.24, 2.45) is 5.92 Å². The van der Waals surface area contributed by atoms with E-state index in [1.807, 2.05) is 50.2 Å². The van der Waals surface area contributed by atoms with E-state index in [9.17, 15) is 9.18 Å². The van der Waals surface area contributed by atoms with Crippen LogP contribution in [0.4, 0.5) is 22.0 Å². The molecule has 0 saturated heterocycles. The first kappa shape index (κ1) is 24.3. The van der Waals surface area contributed by atoms with Crippen molar-refractivity contribution in [2.45, 2.75) is 36.5 Å². The number of pyridine rings is 1. The van der Waals surface area contributed by atoms with Crippen molar-refractivity contribution in [1.82, 2.24) is 19.9 Å². The van der Waals surface area contributed by atoms with E-state index in [0.717, 1.165) is 10.9 Å². The fraction of sp³-hybridized carbons (Fsp3) is 0.240. The molecular formula is C25H25FN6O2S. The van der Waals surface area contributed by atoms with Gasteiger partial charge in [0.15, 0.2) is 0 Å². The van der Waals surface area contributed by atoms with E-state index < -0.39 is 12.0 Å². The van der Waals surface area contributed by atoms with Crippen molar-refractivity contribution < 1.29 is 13.9 Å². The minimum atomic E-state index is -0.638. The number of carbonyl (C=O) groups excluding carboxylic acids is 1. The van der Waals surface area contributed by atoms with Crippen LogP contribution < -0.4 is 10.6 Å². The van der Waals surface area contributed by atoms with Gasteiger partial charge in [0.1, 0.15) is 16.9 Å². The summed E-state index contributed by atoms with van der Waals surface area (Å²) in [5.74, 6) is -0.180. The Bertz CT molecular complexity index is 1340. The van der Waals surface area contributed by atoms with Gasteiger partial charge in [-0.25, -0.2) is 14.2 Å². The zero-order valence-corrected chi connectivity index (χ0v) is 20.3. The van der Waals surface area contributed by atoms with Gasteiger partial charge in [0.2, 0.25) is 17.1 Å². The lowest BCUT2D eigenvalue weighted by atomic mass is 10.0. The van der Waals surface area contributed by atoms with Crippen LogP contribution in [0.2, 0.25) is 0 Å². The lowest BCUT2D eigenvalue weighted by Gasteiger charge is -2.19. The SMILES string of the molecule is COC(=O)[C@H](CC(C)C)Nc1nc(Nc2cccc(F)c2)nc(Sc2ccc3ccccc3n2)n1. The lowest BCUT2D eigenvalue weighted by molar-refractivity contribution is -0.141. The number of halogens is 1. The number of methoxy groups -OCH3 is 1. The van der Waals surface area contributed by atoms with Crippen molar-refractivity contribution in [3.63, 3.8) is 0 Å². The topological polar surface area (TPSA) is 102 Å². The standard InChI is InChI=1S/C25H25FN6O2S/c1-15(2)13-20(22(33)34-3)29-24-30-23(27-18-9-6-8-17(26)14-18)31-25(32-24)35-21-12-11-16-7-4-5-10-19(16)28-21/h4-12,14-15,20H,13H2,1-3H3,(H2,27,29,30,31,32)/t20-/m0/s1. The largest absolute Gasteiger partial charge is 0.467 e. The summed E-state index contributed by atoms with van der Waals surface area (Å²) >= 11 is 1.26. The molecule has 0 fully saturated rings. The van der Waals surface area contributed by atoms with Gasteiger partial charge in [-0.1, -0.05) is 44.2 Å². The maximum atomic E-state index is 13.7. The quantitative estimate of drug-likeness (QED) is 0.295. The smallest absolute Gasteiger partial charge is 0.328 e. The molecule has 0 saturated carbocycles. The molecule has 0 radical (unpaired) electrons. The van der Waals surface area contributed by atoms with Crippen LogP contribution in [0.25, 0.3) is 10.9 Å². The number of hydrogen-bond donors (Lipinski definition) is 2. The number of fused-ring (bicyclic) bond motifs is 1. The molecule has 0 aliphatic carbocycles. The second-order valence-corrected chi connectivity index (χ2v) is 9.18. The Morgan fingerprint density at radius 3 is 2.57 bits per heavy atom. The minimum absolute atomic E-state index is 0.193. The average Bonchev–Trinajstić information content (AvgIpc) is 2.82. The van der Waals surface area contributed by atoms with E-state index in [1.165, 1.54) is 31.0 Å². The van der Waals surface area contributed by atoms with Crippen LogP contribution in [0.3, 0.4) is 0 Å². The fourth-order valence-electron chi connectivity index (χ4n) is 3.40. The number of aromatic nitrogens is 4. The Morgan fingerprint density at radius 1 is 1.00 bits per heavy atom. The van der Waals surface area contributed by atoms with Crippen LogP contribution in [0.15, 0.2) is 70.8 Å². The molecule has 2 heterocycles. The molecule has 0 amide bonds. The van der Waals surface area contributed by atoms with Crippen molar-refractivity contribution >= 4 is 46.2 Å². The van der Waals surface area contributed by atoms with Gasteiger partial charge in [-0.3, -0.25) is 0 Å². The van der Waals surface area contributed by atoms with Gasteiger partial charge in [0.25, 0.3) is 0 Å². The van der Waals surface area contributed by atoms with E-state index in [2.05, 4.69) is 30.6 Å². The van der Waals surface area contributed by atoms with Gasteiger partial charge in [0, 0.05) is 11.1 Å². The van der Waals surface area contributed by atoms with Crippen LogP contribution in [-0.2, 0) is 9.53 Å². The van der Waals surface area contributed by atoms with Gasteiger partial charge in [-0.2, -0.15) is 15.0 Å². The van der Waals surface area contributed by atoms with Crippen LogP contribution in [0.5, 0.6) is 0 Å². The van der Waals surface area contributed by atoms with E-state index >= 15 is 0 Å². The number of hydrogen-bond acceptors (Lipinski definition) is 9. The number of carbonyl (C=O) groups is 1. The molecule has 2 N–H and O–H groups in total. The highest BCUT2D eigenvalue weighted by molar-refractivity contribution is 7.99. The minimum Gasteiger partial charge on any atom is -0.467 e. The van der Waals surface area contributed by atoms with Crippen molar-refractivity contribution in [2.75, 3.05) is 17.7 Å². The maximum absolute atomic E-state index is 13.7. The molecule has 4 aromatic rings. The Labute approximate surface area is 206 Å². The third-order valence-corrected chi connectivity index (χ3v) is 5.76. The Morgan fingerprint density at radius 2 is 1.80 bits per heavy atom. The normalized spacial score (nSPS) is 11.9. The first-order valence-corrected chi connectivity index (χ1v) is 11.9. The summed E-state index contributed by atoms with van der Waals surface area (Å²) in [6.07, 6.45) is 0.528. The van der Waals surface area contributed by atoms with Crippen LogP contribution in [0, 0.1) is 11.7 Å². The van der Waals surface area contributed by atoms with Gasteiger partial charge in [0.05, 0.1) is 12.6 Å². The predicted molar refractivity (Wildman–Crippen MR) is 134 cm³/mol. The van der Waals surface area contributed by atoms with Crippen LogP contribution in [0.1, 0.15) is 20.3 Å². The summed E-state index contributed by atoms with van der Waals surface area (Å²) in [5, 5.41) is 8.16. The molecule has 180 valence electrons. The number of rotatable bonds is 9. The maximum Gasteiger partial charge on any atom is 0.328 e. The molecule has 8 nitrogen and oxygen atoms in total. The molecule has 0 spiro atoms. The Kier molecular flexibility index (Phi) is 7.71. The van der Waals surface area contributed by atoms with E-state index in [0.29, 0.717) is 22.3 Å². The Balaban J connectivity index is 1.67. The fourth-order valence-corrected chi connectivity index (χ4v) is 4.13. The van der Waals surface area contributed by atoms with Crippen LogP contribution in [-0.4, -0.2) is 39.1 Å². The van der Waals surface area contributed by atoms with E-state index in [1.54, 1.807) is 12.1 Å². The van der Waals surface area contributed by atoms with Gasteiger partial charge in [-0.05, 0) is 54.4 Å². The average molecular weight is 493 g/mol. The molecule has 0 unspecified atom stereocenters. The van der Waals surface area contributed by atoms with Crippen LogP contribution >= 0.6 is 11.8 Å². The van der Waals surface area contributed by atoms with Gasteiger partial charge >= 0.3 is 5.97 Å². The number of esters is 1. The van der Waals surface area contributed by atoms with E-state index in [4.69, 9.17) is 4.74 Å². The molecule has 0 bridgehead atoms. The summed E-state index contributed by atoms with van der Waals surface area (Å²) in [4.78, 5) is 30.4.